The molecule has 0 unspecified atom stereocenters. The highest BCUT2D eigenvalue weighted by Crippen LogP contribution is 2.21. The van der Waals surface area contributed by atoms with E-state index in [9.17, 15) is 9.59 Å². The van der Waals surface area contributed by atoms with E-state index in [1.807, 2.05) is 7.05 Å². The van der Waals surface area contributed by atoms with Crippen LogP contribution >= 0.6 is 0 Å². The van der Waals surface area contributed by atoms with Gasteiger partial charge in [0.2, 0.25) is 11.8 Å². The van der Waals surface area contributed by atoms with Gasteiger partial charge < -0.3 is 23.9 Å². The minimum atomic E-state index is -0.522. The van der Waals surface area contributed by atoms with E-state index in [4.69, 9.17) is 19.1 Å². The molecule has 0 radical (unpaired) electrons. The number of hydrogen-bond acceptors (Lipinski definition) is 8. The van der Waals surface area contributed by atoms with Crippen LogP contribution in [0.4, 0.5) is 0 Å². The van der Waals surface area contributed by atoms with Gasteiger partial charge in [0.15, 0.2) is 5.69 Å². The number of methoxy groups -OCH3 is 1. The summed E-state index contributed by atoms with van der Waals surface area (Å²) in [5.74, 6) is -0.136. The molecule has 2 saturated heterocycles. The van der Waals surface area contributed by atoms with E-state index in [0.29, 0.717) is 38.7 Å². The number of carboxylic acid groups (broad SMARTS) is 1. The minimum Gasteiger partial charge on any atom is -0.483 e. The molecular weight excluding hydrogens is 334 g/mol. The SMILES string of the molecule is COC(=O)c1coc(CN2C[C@@H]3COC[C@H](C2)N(C)C3=O)n1.O=CO. The molecule has 2 bridgehead atoms. The van der Waals surface area contributed by atoms with Crippen LogP contribution in [0.3, 0.4) is 0 Å². The second-order valence-electron chi connectivity index (χ2n) is 5.75. The van der Waals surface area contributed by atoms with E-state index in [0.717, 1.165) is 0 Å². The van der Waals surface area contributed by atoms with Crippen LogP contribution in [0.15, 0.2) is 10.7 Å². The Balaban J connectivity index is 0.000000701. The molecule has 0 aliphatic carbocycles. The third kappa shape index (κ3) is 4.54. The van der Waals surface area contributed by atoms with Crippen molar-refractivity contribution < 1.29 is 33.4 Å². The third-order valence-corrected chi connectivity index (χ3v) is 4.13. The summed E-state index contributed by atoms with van der Waals surface area (Å²) in [5.41, 5.74) is 0.157. The van der Waals surface area contributed by atoms with Crippen molar-refractivity contribution in [1.82, 2.24) is 14.8 Å². The summed E-state index contributed by atoms with van der Waals surface area (Å²) in [5, 5.41) is 6.89. The second-order valence-corrected chi connectivity index (χ2v) is 5.75. The maximum absolute atomic E-state index is 12.3. The Kier molecular flexibility index (Phi) is 6.48. The first-order chi connectivity index (χ1) is 12.0. The topological polar surface area (TPSA) is 122 Å². The van der Waals surface area contributed by atoms with Gasteiger partial charge in [-0.25, -0.2) is 9.78 Å². The van der Waals surface area contributed by atoms with Crippen molar-refractivity contribution in [3.63, 3.8) is 0 Å². The normalized spacial score (nSPS) is 23.3. The molecule has 3 heterocycles. The smallest absolute Gasteiger partial charge is 0.360 e. The van der Waals surface area contributed by atoms with Crippen molar-refractivity contribution in [2.24, 2.45) is 5.92 Å². The van der Waals surface area contributed by atoms with Gasteiger partial charge in [-0.15, -0.1) is 0 Å². The molecule has 3 rings (SSSR count). The Morgan fingerprint density at radius 3 is 2.88 bits per heavy atom. The van der Waals surface area contributed by atoms with Crippen LogP contribution in [0.2, 0.25) is 0 Å². The monoisotopic (exact) mass is 355 g/mol. The maximum Gasteiger partial charge on any atom is 0.360 e. The Morgan fingerprint density at radius 1 is 1.48 bits per heavy atom. The lowest BCUT2D eigenvalue weighted by atomic mass is 10.1. The van der Waals surface area contributed by atoms with Crippen molar-refractivity contribution in [2.45, 2.75) is 12.6 Å². The molecule has 1 amide bonds. The number of fused-ring (bicyclic) bond motifs is 3. The van der Waals surface area contributed by atoms with Crippen LogP contribution in [0.1, 0.15) is 16.4 Å². The lowest BCUT2D eigenvalue weighted by Crippen LogP contribution is -2.42. The number of hydrogen-bond donors (Lipinski definition) is 1. The molecule has 0 spiro atoms. The highest BCUT2D eigenvalue weighted by atomic mass is 16.5. The van der Waals surface area contributed by atoms with E-state index >= 15 is 0 Å². The number of carbonyl (C=O) groups excluding carboxylic acids is 2. The van der Waals surface area contributed by atoms with Gasteiger partial charge in [0.05, 0.1) is 38.8 Å². The van der Waals surface area contributed by atoms with Gasteiger partial charge in [-0.05, 0) is 0 Å². The lowest BCUT2D eigenvalue weighted by Gasteiger charge is -2.28. The molecule has 0 aromatic carbocycles. The minimum absolute atomic E-state index is 0.0232. The van der Waals surface area contributed by atoms with Crippen LogP contribution in [-0.2, 0) is 25.6 Å². The number of esters is 1. The zero-order valence-electron chi connectivity index (χ0n) is 14.1. The fourth-order valence-corrected chi connectivity index (χ4v) is 2.89. The van der Waals surface area contributed by atoms with Gasteiger partial charge in [-0.1, -0.05) is 0 Å². The number of oxazole rings is 1. The largest absolute Gasteiger partial charge is 0.483 e. The van der Waals surface area contributed by atoms with Crippen molar-refractivity contribution in [2.75, 3.05) is 40.5 Å². The highest BCUT2D eigenvalue weighted by molar-refractivity contribution is 5.86. The first-order valence-electron chi connectivity index (χ1n) is 7.67. The Labute approximate surface area is 144 Å². The standard InChI is InChI=1S/C14H19N3O5.CH2O2/c1-16-10-4-17(3-9(13(16)18)6-21-7-10)5-12-15-11(8-22-12)14(19)20-2;2-1-3/h8-10H,3-7H2,1-2H3;1H,(H,2,3)/t9-,10+;/m1./s1. The second kappa shape index (κ2) is 8.58. The van der Waals surface area contributed by atoms with Gasteiger partial charge in [0.1, 0.15) is 6.26 Å². The van der Waals surface area contributed by atoms with Crippen LogP contribution in [0.5, 0.6) is 0 Å². The molecule has 1 aromatic rings. The summed E-state index contributed by atoms with van der Waals surface area (Å²) in [6.07, 6.45) is 1.29. The Bertz CT molecular complexity index is 618. The molecule has 1 aromatic heterocycles. The highest BCUT2D eigenvalue weighted by Gasteiger charge is 2.37. The summed E-state index contributed by atoms with van der Waals surface area (Å²) in [6.45, 7) is 2.46. The van der Waals surface area contributed by atoms with Crippen LogP contribution < -0.4 is 0 Å². The molecule has 2 fully saturated rings. The van der Waals surface area contributed by atoms with Crippen LogP contribution in [0.25, 0.3) is 0 Å². The van der Waals surface area contributed by atoms with Crippen LogP contribution in [-0.4, -0.2) is 84.7 Å². The van der Waals surface area contributed by atoms with Gasteiger partial charge in [0.25, 0.3) is 6.47 Å². The van der Waals surface area contributed by atoms with Crippen molar-refractivity contribution >= 4 is 18.3 Å². The average molecular weight is 355 g/mol. The number of rotatable bonds is 3. The summed E-state index contributed by atoms with van der Waals surface area (Å²) in [4.78, 5) is 40.0. The number of likely N-dealkylation sites (N-methyl/N-ethyl adjacent to an activating group) is 1. The maximum atomic E-state index is 12.3. The zero-order valence-corrected chi connectivity index (χ0v) is 14.1. The van der Waals surface area contributed by atoms with Crippen LogP contribution in [0, 0.1) is 5.92 Å². The fourth-order valence-electron chi connectivity index (χ4n) is 2.89. The quantitative estimate of drug-likeness (QED) is 0.562. The third-order valence-electron chi connectivity index (χ3n) is 4.13. The molecule has 10 heteroatoms. The van der Waals surface area contributed by atoms with Crippen molar-refractivity contribution in [3.05, 3.63) is 17.8 Å². The summed E-state index contributed by atoms with van der Waals surface area (Å²) >= 11 is 0. The average Bonchev–Trinajstić information content (AvgIpc) is 2.95. The Morgan fingerprint density at radius 2 is 2.20 bits per heavy atom. The molecule has 10 nitrogen and oxygen atoms in total. The Hall–Kier alpha value is -2.46. The summed E-state index contributed by atoms with van der Waals surface area (Å²) in [7, 11) is 3.12. The molecule has 25 heavy (non-hydrogen) atoms. The van der Waals surface area contributed by atoms with E-state index in [1.165, 1.54) is 13.4 Å². The van der Waals surface area contributed by atoms with Crippen molar-refractivity contribution in [3.8, 4) is 0 Å². The van der Waals surface area contributed by atoms with E-state index in [1.54, 1.807) is 4.90 Å². The first-order valence-corrected chi connectivity index (χ1v) is 7.67. The van der Waals surface area contributed by atoms with Gasteiger partial charge in [0, 0.05) is 20.1 Å². The van der Waals surface area contributed by atoms with Crippen molar-refractivity contribution in [1.29, 1.82) is 0 Å². The van der Waals surface area contributed by atoms with E-state index in [-0.39, 0.29) is 30.0 Å². The number of ether oxygens (including phenoxy) is 2. The summed E-state index contributed by atoms with van der Waals surface area (Å²) in [6, 6.07) is 0.0232. The lowest BCUT2D eigenvalue weighted by molar-refractivity contribution is -0.134. The molecule has 2 atom stereocenters. The molecule has 2 aliphatic rings. The number of aromatic nitrogens is 1. The van der Waals surface area contributed by atoms with E-state index in [2.05, 4.69) is 14.6 Å². The summed E-state index contributed by atoms with van der Waals surface area (Å²) < 4.78 is 15.5. The van der Waals surface area contributed by atoms with E-state index < -0.39 is 5.97 Å². The molecular formula is C15H21N3O7. The van der Waals surface area contributed by atoms with Gasteiger partial charge in [-0.2, -0.15) is 0 Å². The molecule has 1 N–H and O–H groups in total. The zero-order chi connectivity index (χ0) is 18.4. The molecule has 2 aliphatic heterocycles. The first kappa shape index (κ1) is 18.9. The number of amides is 1. The fraction of sp³-hybridized carbons (Fsp3) is 0.600. The van der Waals surface area contributed by atoms with Gasteiger partial charge in [-0.3, -0.25) is 14.5 Å². The van der Waals surface area contributed by atoms with Gasteiger partial charge >= 0.3 is 5.97 Å². The number of nitrogens with zero attached hydrogens (tertiary/aromatic N) is 3. The molecule has 138 valence electrons. The predicted octanol–water partition coefficient (Wildman–Crippen LogP) is -0.549. The predicted molar refractivity (Wildman–Crippen MR) is 82.7 cm³/mol. The molecule has 0 saturated carbocycles. The number of carbonyl (C=O) groups is 3.